The number of aromatic nitrogens is 2. The van der Waals surface area contributed by atoms with E-state index >= 15 is 0 Å². The number of benzene rings is 1. The van der Waals surface area contributed by atoms with Crippen LogP contribution in [0.2, 0.25) is 0 Å². The van der Waals surface area contributed by atoms with E-state index in [4.69, 9.17) is 14.6 Å². The Morgan fingerprint density at radius 3 is 2.76 bits per heavy atom. The predicted molar refractivity (Wildman–Crippen MR) is 85.1 cm³/mol. The summed E-state index contributed by atoms with van der Waals surface area (Å²) in [6.45, 7) is 1.61. The topological polar surface area (TPSA) is 117 Å². The van der Waals surface area contributed by atoms with Gasteiger partial charge >= 0.3 is 5.69 Å². The van der Waals surface area contributed by atoms with Gasteiger partial charge in [-0.1, -0.05) is 24.3 Å². The molecule has 1 fully saturated rings. The second-order valence-corrected chi connectivity index (χ2v) is 5.97. The molecule has 134 valence electrons. The first-order valence-corrected chi connectivity index (χ1v) is 7.91. The number of aryl methyl sites for hydroxylation is 1. The van der Waals surface area contributed by atoms with Crippen molar-refractivity contribution in [3.05, 3.63) is 52.1 Å². The lowest BCUT2D eigenvalue weighted by molar-refractivity contribution is -0.268. The molecule has 3 rings (SSSR count). The molecule has 8 nitrogen and oxygen atoms in total. The standard InChI is InChI=1S/C17H20N2O6/c1-10-7-19(15-6-13(22)14(8-20)25-15)17(23)18-16(10)24-9-11-2-4-12(21)5-3-11/h2-5,7,13-15,20-22H,6,8-9H2,1H3/p-1/t13?,14-,15-/m1/s1. The van der Waals surface area contributed by atoms with E-state index in [0.29, 0.717) is 5.56 Å². The van der Waals surface area contributed by atoms with Crippen molar-refractivity contribution in [3.8, 4) is 11.6 Å². The summed E-state index contributed by atoms with van der Waals surface area (Å²) >= 11 is 0. The van der Waals surface area contributed by atoms with Gasteiger partial charge in [0, 0.05) is 18.2 Å². The molecule has 25 heavy (non-hydrogen) atoms. The summed E-state index contributed by atoms with van der Waals surface area (Å²) in [5.74, 6) is 0.116. The molecule has 8 heteroatoms. The van der Waals surface area contributed by atoms with Crippen LogP contribution in [-0.4, -0.2) is 38.6 Å². The maximum absolute atomic E-state index is 12.2. The Balaban J connectivity index is 1.74. The lowest BCUT2D eigenvalue weighted by Crippen LogP contribution is -2.28. The number of aliphatic hydroxyl groups is 2. The summed E-state index contributed by atoms with van der Waals surface area (Å²) < 4.78 is 12.3. The second-order valence-electron chi connectivity index (χ2n) is 5.97. The molecule has 1 aliphatic heterocycles. The zero-order chi connectivity index (χ0) is 18.0. The van der Waals surface area contributed by atoms with E-state index in [2.05, 4.69) is 4.98 Å². The fourth-order valence-corrected chi connectivity index (χ4v) is 2.69. The third-order valence-electron chi connectivity index (χ3n) is 4.08. The van der Waals surface area contributed by atoms with Crippen LogP contribution in [0, 0.1) is 6.92 Å². The normalized spacial score (nSPS) is 22.9. The largest absolute Gasteiger partial charge is 0.872 e. The van der Waals surface area contributed by atoms with Gasteiger partial charge in [-0.2, -0.15) is 4.98 Å². The van der Waals surface area contributed by atoms with E-state index in [-0.39, 0.29) is 31.3 Å². The summed E-state index contributed by atoms with van der Waals surface area (Å²) in [5, 5.41) is 30.0. The smallest absolute Gasteiger partial charge is 0.352 e. The van der Waals surface area contributed by atoms with Crippen LogP contribution >= 0.6 is 0 Å². The molecule has 0 saturated carbocycles. The monoisotopic (exact) mass is 347 g/mol. The molecule has 2 N–H and O–H groups in total. The highest BCUT2D eigenvalue weighted by atomic mass is 16.5. The van der Waals surface area contributed by atoms with Crippen LogP contribution in [-0.2, 0) is 11.3 Å². The van der Waals surface area contributed by atoms with Crippen molar-refractivity contribution < 1.29 is 24.8 Å². The molecule has 2 heterocycles. The quantitative estimate of drug-likeness (QED) is 0.772. The molecule has 0 bridgehead atoms. The average molecular weight is 347 g/mol. The van der Waals surface area contributed by atoms with Crippen LogP contribution < -0.4 is 15.5 Å². The number of aliphatic hydroxyl groups excluding tert-OH is 2. The summed E-state index contributed by atoms with van der Waals surface area (Å²) in [6, 6.07) is 6.19. The zero-order valence-electron chi connectivity index (χ0n) is 13.7. The van der Waals surface area contributed by atoms with Gasteiger partial charge in [0.2, 0.25) is 5.88 Å². The van der Waals surface area contributed by atoms with E-state index < -0.39 is 24.1 Å². The molecular formula is C17H19N2O6-. The number of hydrogen-bond acceptors (Lipinski definition) is 7. The summed E-state index contributed by atoms with van der Waals surface area (Å²) in [5.41, 5.74) is 0.856. The molecule has 1 saturated heterocycles. The average Bonchev–Trinajstić information content (AvgIpc) is 2.97. The molecule has 2 aromatic rings. The molecule has 1 unspecified atom stereocenters. The summed E-state index contributed by atoms with van der Waals surface area (Å²) in [6.07, 6.45) is -0.458. The van der Waals surface area contributed by atoms with Gasteiger partial charge in [0.25, 0.3) is 0 Å². The lowest BCUT2D eigenvalue weighted by Gasteiger charge is -2.16. The van der Waals surface area contributed by atoms with Crippen LogP contribution in [0.4, 0.5) is 0 Å². The van der Waals surface area contributed by atoms with Crippen molar-refractivity contribution in [2.24, 2.45) is 0 Å². The fourth-order valence-electron chi connectivity index (χ4n) is 2.69. The molecule has 1 aliphatic rings. The van der Waals surface area contributed by atoms with Crippen molar-refractivity contribution in [3.63, 3.8) is 0 Å². The molecule has 0 aliphatic carbocycles. The van der Waals surface area contributed by atoms with E-state index in [1.165, 1.54) is 16.7 Å². The maximum Gasteiger partial charge on any atom is 0.352 e. The third-order valence-corrected chi connectivity index (χ3v) is 4.08. The summed E-state index contributed by atoms with van der Waals surface area (Å²) in [7, 11) is 0. The Morgan fingerprint density at radius 2 is 2.12 bits per heavy atom. The minimum absolute atomic E-state index is 0.0828. The van der Waals surface area contributed by atoms with Crippen molar-refractivity contribution in [1.29, 1.82) is 0 Å². The molecule has 1 aromatic heterocycles. The minimum Gasteiger partial charge on any atom is -0.872 e. The molecule has 3 atom stereocenters. The van der Waals surface area contributed by atoms with Gasteiger partial charge in [0.15, 0.2) is 0 Å². The van der Waals surface area contributed by atoms with Crippen LogP contribution in [0.5, 0.6) is 11.6 Å². The predicted octanol–water partition coefficient (Wildman–Crippen LogP) is -0.155. The van der Waals surface area contributed by atoms with Gasteiger partial charge < -0.3 is 24.8 Å². The molecular weight excluding hydrogens is 328 g/mol. The van der Waals surface area contributed by atoms with Gasteiger partial charge in [-0.3, -0.25) is 4.57 Å². The highest BCUT2D eigenvalue weighted by Gasteiger charge is 2.35. The van der Waals surface area contributed by atoms with Crippen molar-refractivity contribution >= 4 is 0 Å². The van der Waals surface area contributed by atoms with Crippen LogP contribution in [0.1, 0.15) is 23.8 Å². The van der Waals surface area contributed by atoms with Crippen molar-refractivity contribution in [1.82, 2.24) is 9.55 Å². The van der Waals surface area contributed by atoms with Crippen molar-refractivity contribution in [2.75, 3.05) is 6.61 Å². The van der Waals surface area contributed by atoms with E-state index in [9.17, 15) is 15.0 Å². The Bertz CT molecular complexity index is 789. The Kier molecular flexibility index (Phi) is 5.03. The number of rotatable bonds is 5. The van der Waals surface area contributed by atoms with Gasteiger partial charge in [-0.25, -0.2) is 4.79 Å². The number of ether oxygens (including phenoxy) is 2. The molecule has 0 spiro atoms. The molecule has 1 aromatic carbocycles. The second kappa shape index (κ2) is 7.22. The van der Waals surface area contributed by atoms with Crippen LogP contribution in [0.15, 0.2) is 35.3 Å². The van der Waals surface area contributed by atoms with Crippen LogP contribution in [0.25, 0.3) is 0 Å². The minimum atomic E-state index is -0.831. The van der Waals surface area contributed by atoms with E-state index in [1.807, 2.05) is 0 Å². The number of hydrogen-bond donors (Lipinski definition) is 2. The molecule has 0 radical (unpaired) electrons. The van der Waals surface area contributed by atoms with Gasteiger partial charge in [-0.05, 0) is 12.5 Å². The zero-order valence-corrected chi connectivity index (χ0v) is 13.7. The van der Waals surface area contributed by atoms with E-state index in [1.54, 1.807) is 25.3 Å². The van der Waals surface area contributed by atoms with Crippen molar-refractivity contribution in [2.45, 2.75) is 38.4 Å². The van der Waals surface area contributed by atoms with Gasteiger partial charge in [-0.15, -0.1) is 5.75 Å². The third kappa shape index (κ3) is 3.81. The first kappa shape index (κ1) is 17.4. The van der Waals surface area contributed by atoms with Gasteiger partial charge in [0.1, 0.15) is 18.9 Å². The molecule has 0 amide bonds. The Hall–Kier alpha value is -2.42. The van der Waals surface area contributed by atoms with Crippen LogP contribution in [0.3, 0.4) is 0 Å². The Labute approximate surface area is 143 Å². The maximum atomic E-state index is 12.2. The summed E-state index contributed by atoms with van der Waals surface area (Å²) in [4.78, 5) is 16.2. The highest BCUT2D eigenvalue weighted by Crippen LogP contribution is 2.28. The SMILES string of the molecule is Cc1cn([C@H]2CC(O)[C@@H](CO)O2)c(=O)nc1OCc1ccc([O-])cc1. The first-order chi connectivity index (χ1) is 12.0. The first-order valence-electron chi connectivity index (χ1n) is 7.91. The van der Waals surface area contributed by atoms with Gasteiger partial charge in [0.05, 0.1) is 12.7 Å². The lowest BCUT2D eigenvalue weighted by atomic mass is 10.2. The number of nitrogens with zero attached hydrogens (tertiary/aromatic N) is 2. The highest BCUT2D eigenvalue weighted by molar-refractivity contribution is 5.26. The fraction of sp³-hybridized carbons (Fsp3) is 0.412. The van der Waals surface area contributed by atoms with E-state index in [0.717, 1.165) is 5.56 Å². The Morgan fingerprint density at radius 1 is 1.40 bits per heavy atom.